The number of phenolic OH excluding ortho intramolecular Hbond substituents is 1. The number of carbonyl (C=O) groups is 1. The fraction of sp³-hybridized carbons (Fsp3) is 0.593. The molecule has 0 spiro atoms. The molecule has 6 atom stereocenters. The van der Waals surface area contributed by atoms with Crippen molar-refractivity contribution in [1.82, 2.24) is 0 Å². The molecule has 0 aromatic heterocycles. The summed E-state index contributed by atoms with van der Waals surface area (Å²) < 4.78 is 5.79. The molecule has 3 rings (SSSR count). The quantitative estimate of drug-likeness (QED) is 0.215. The second-order valence-electron chi connectivity index (χ2n) is 10.4. The average molecular weight is 584 g/mol. The maximum absolute atomic E-state index is 13.0. The number of cyclic esters (lactones) is 1. The minimum Gasteiger partial charge on any atom is -0.508 e. The topological polar surface area (TPSA) is 66.8 Å². The molecule has 2 aliphatic rings. The molecule has 0 radical (unpaired) electrons. The van der Waals surface area contributed by atoms with E-state index in [2.05, 4.69) is 51.9 Å². The number of rotatable bonds is 1. The summed E-state index contributed by atoms with van der Waals surface area (Å²) in [6.07, 6.45) is 4.67. The molecular formula is C27H36Br2O4. The first-order valence-corrected chi connectivity index (χ1v) is 13.5. The van der Waals surface area contributed by atoms with E-state index in [9.17, 15) is 15.0 Å². The summed E-state index contributed by atoms with van der Waals surface area (Å²) in [6, 6.07) is 4.93. The summed E-state index contributed by atoms with van der Waals surface area (Å²) in [5.41, 5.74) is 1.98. The fourth-order valence-corrected chi connectivity index (χ4v) is 6.47. The summed E-state index contributed by atoms with van der Waals surface area (Å²) in [5.74, 6) is -0.135. The highest BCUT2D eigenvalue weighted by Crippen LogP contribution is 2.52. The maximum atomic E-state index is 13.0. The first kappa shape index (κ1) is 26.5. The molecule has 1 heterocycles. The van der Waals surface area contributed by atoms with E-state index in [4.69, 9.17) is 4.74 Å². The molecule has 6 heteroatoms. The molecule has 2 N–H and O–H groups in total. The van der Waals surface area contributed by atoms with E-state index in [1.54, 1.807) is 18.2 Å². The second kappa shape index (κ2) is 10.2. The van der Waals surface area contributed by atoms with Gasteiger partial charge >= 0.3 is 5.97 Å². The molecule has 1 fully saturated rings. The predicted octanol–water partition coefficient (Wildman–Crippen LogP) is 6.86. The van der Waals surface area contributed by atoms with Gasteiger partial charge in [0.25, 0.3) is 0 Å². The molecule has 33 heavy (non-hydrogen) atoms. The Morgan fingerprint density at radius 2 is 1.85 bits per heavy atom. The molecule has 4 nitrogen and oxygen atoms in total. The highest BCUT2D eigenvalue weighted by molar-refractivity contribution is 9.09. The van der Waals surface area contributed by atoms with Gasteiger partial charge in [-0.25, -0.2) is 4.79 Å². The number of phenols is 1. The van der Waals surface area contributed by atoms with Crippen LogP contribution in [-0.2, 0) is 11.2 Å². The first-order valence-electron chi connectivity index (χ1n) is 11.7. The predicted molar refractivity (Wildman–Crippen MR) is 140 cm³/mol. The van der Waals surface area contributed by atoms with Gasteiger partial charge in [0.15, 0.2) is 0 Å². The van der Waals surface area contributed by atoms with Crippen molar-refractivity contribution < 1.29 is 19.7 Å². The molecule has 1 saturated carbocycles. The number of aromatic hydroxyl groups is 1. The lowest BCUT2D eigenvalue weighted by atomic mass is 9.61. The SMILES string of the molecule is C=C(C)[C@@H]1CC[C@](C)(O)[C@H](Br)CC[C@]2(C)[C@@H](Br)CCC(=C)[C@@H]2Cc2cc(ccc2O)C(=O)O1. The molecular weight excluding hydrogens is 548 g/mol. The maximum Gasteiger partial charge on any atom is 0.338 e. The van der Waals surface area contributed by atoms with Gasteiger partial charge in [0, 0.05) is 9.65 Å². The van der Waals surface area contributed by atoms with Crippen molar-refractivity contribution in [1.29, 1.82) is 0 Å². The Hall–Kier alpha value is -1.11. The number of fused-ring (bicyclic) bond motifs is 3. The van der Waals surface area contributed by atoms with Crippen molar-refractivity contribution in [3.05, 3.63) is 53.6 Å². The van der Waals surface area contributed by atoms with Crippen LogP contribution in [0.3, 0.4) is 0 Å². The van der Waals surface area contributed by atoms with Gasteiger partial charge in [-0.2, -0.15) is 0 Å². The molecule has 1 aliphatic carbocycles. The van der Waals surface area contributed by atoms with E-state index in [1.807, 2.05) is 13.8 Å². The largest absolute Gasteiger partial charge is 0.508 e. The van der Waals surface area contributed by atoms with Crippen LogP contribution in [-0.4, -0.2) is 37.5 Å². The van der Waals surface area contributed by atoms with Gasteiger partial charge in [0.05, 0.1) is 11.2 Å². The minimum atomic E-state index is -0.963. The lowest BCUT2D eigenvalue weighted by Gasteiger charge is -2.48. The third kappa shape index (κ3) is 5.76. The van der Waals surface area contributed by atoms with E-state index < -0.39 is 17.7 Å². The molecule has 1 aliphatic heterocycles. The van der Waals surface area contributed by atoms with Gasteiger partial charge in [0.1, 0.15) is 11.9 Å². The van der Waals surface area contributed by atoms with Crippen LogP contribution in [0.15, 0.2) is 42.5 Å². The van der Waals surface area contributed by atoms with Gasteiger partial charge in [-0.15, -0.1) is 0 Å². The van der Waals surface area contributed by atoms with Crippen LogP contribution in [0.5, 0.6) is 5.75 Å². The molecule has 2 bridgehead atoms. The van der Waals surface area contributed by atoms with Crippen LogP contribution in [0.1, 0.15) is 75.2 Å². The number of hydrogen-bond donors (Lipinski definition) is 2. The zero-order valence-electron chi connectivity index (χ0n) is 19.9. The number of esters is 1. The van der Waals surface area contributed by atoms with Crippen molar-refractivity contribution in [3.63, 3.8) is 0 Å². The van der Waals surface area contributed by atoms with Crippen molar-refractivity contribution in [2.24, 2.45) is 11.3 Å². The molecule has 0 saturated heterocycles. The smallest absolute Gasteiger partial charge is 0.338 e. The Morgan fingerprint density at radius 1 is 1.15 bits per heavy atom. The van der Waals surface area contributed by atoms with Gasteiger partial charge in [0.2, 0.25) is 0 Å². The highest BCUT2D eigenvalue weighted by atomic mass is 79.9. The Balaban J connectivity index is 2.05. The number of ether oxygens (including phenoxy) is 1. The summed E-state index contributed by atoms with van der Waals surface area (Å²) in [4.78, 5) is 13.2. The lowest BCUT2D eigenvalue weighted by Crippen LogP contribution is -2.44. The van der Waals surface area contributed by atoms with Gasteiger partial charge in [-0.3, -0.25) is 0 Å². The lowest BCUT2D eigenvalue weighted by molar-refractivity contribution is 0.0132. The standard InChI is InChI=1S/C27H36Br2O4/c1-16(2)22-10-13-27(5,32)24(29)11-12-26(4)20(17(3)6-9-23(26)28)15-19-14-18(25(31)33-22)7-8-21(19)30/h7-8,14,20,22-24,30,32H,1,3,6,9-13,15H2,2,4-5H3/t20-,22-,23-,24+,26-,27-/m0/s1. The van der Waals surface area contributed by atoms with Crippen molar-refractivity contribution >= 4 is 37.8 Å². The van der Waals surface area contributed by atoms with E-state index in [0.29, 0.717) is 29.7 Å². The molecule has 1 aromatic rings. The van der Waals surface area contributed by atoms with Crippen LogP contribution in [0.2, 0.25) is 0 Å². The van der Waals surface area contributed by atoms with Crippen molar-refractivity contribution in [2.45, 2.75) is 87.1 Å². The summed E-state index contributed by atoms with van der Waals surface area (Å²) >= 11 is 7.71. The average Bonchev–Trinajstić information content (AvgIpc) is 2.75. The highest BCUT2D eigenvalue weighted by Gasteiger charge is 2.45. The fourth-order valence-electron chi connectivity index (χ4n) is 5.24. The van der Waals surface area contributed by atoms with Crippen LogP contribution in [0, 0.1) is 11.3 Å². The zero-order chi connectivity index (χ0) is 24.6. The van der Waals surface area contributed by atoms with Crippen LogP contribution >= 0.6 is 31.9 Å². The molecule has 1 aromatic carbocycles. The number of benzene rings is 1. The third-order valence-corrected chi connectivity index (χ3v) is 10.7. The monoisotopic (exact) mass is 582 g/mol. The van der Waals surface area contributed by atoms with Gasteiger partial charge < -0.3 is 14.9 Å². The Kier molecular flexibility index (Phi) is 8.23. The number of aliphatic hydroxyl groups is 1. The van der Waals surface area contributed by atoms with Gasteiger partial charge in [-0.1, -0.05) is 57.5 Å². The number of allylic oxidation sites excluding steroid dienone is 1. The number of halogens is 2. The molecule has 0 unspecified atom stereocenters. The van der Waals surface area contributed by atoms with E-state index in [1.165, 1.54) is 5.57 Å². The second-order valence-corrected chi connectivity index (χ2v) is 12.6. The van der Waals surface area contributed by atoms with Crippen molar-refractivity contribution in [3.8, 4) is 5.75 Å². The Labute approximate surface area is 214 Å². The first-order chi connectivity index (χ1) is 15.3. The third-order valence-electron chi connectivity index (χ3n) is 7.79. The molecule has 182 valence electrons. The van der Waals surface area contributed by atoms with Gasteiger partial charge in [-0.05, 0) is 99.5 Å². The molecule has 0 amide bonds. The summed E-state index contributed by atoms with van der Waals surface area (Å²) in [6.45, 7) is 14.3. The van der Waals surface area contributed by atoms with E-state index in [0.717, 1.165) is 36.8 Å². The number of alkyl halides is 2. The van der Waals surface area contributed by atoms with Crippen LogP contribution < -0.4 is 0 Å². The minimum absolute atomic E-state index is 0.110. The zero-order valence-corrected chi connectivity index (χ0v) is 23.0. The van der Waals surface area contributed by atoms with Crippen molar-refractivity contribution in [2.75, 3.05) is 0 Å². The Morgan fingerprint density at radius 3 is 2.52 bits per heavy atom. The summed E-state index contributed by atoms with van der Waals surface area (Å²) in [5, 5.41) is 21.9. The normalized spacial score (nSPS) is 36.2. The van der Waals surface area contributed by atoms with Crippen LogP contribution in [0.25, 0.3) is 0 Å². The van der Waals surface area contributed by atoms with E-state index >= 15 is 0 Å². The number of carbonyl (C=O) groups excluding carboxylic acids is 1. The number of hydrogen-bond acceptors (Lipinski definition) is 4. The summed E-state index contributed by atoms with van der Waals surface area (Å²) in [7, 11) is 0. The van der Waals surface area contributed by atoms with E-state index in [-0.39, 0.29) is 21.9 Å². The Bertz CT molecular complexity index is 925. The van der Waals surface area contributed by atoms with Crippen LogP contribution in [0.4, 0.5) is 0 Å².